The Morgan fingerprint density at radius 1 is 1.13 bits per heavy atom. The topological polar surface area (TPSA) is 73.2 Å². The maximum Gasteiger partial charge on any atom is 0.573 e. The average molecular weight is 441 g/mol. The van der Waals surface area contributed by atoms with Crippen LogP contribution in [0.5, 0.6) is 5.75 Å². The molecule has 0 radical (unpaired) electrons. The minimum Gasteiger partial charge on any atom is -0.406 e. The second-order valence-electron chi connectivity index (χ2n) is 6.61. The summed E-state index contributed by atoms with van der Waals surface area (Å²) in [6, 6.07) is 6.03. The number of aryl methyl sites for hydroxylation is 1. The molecule has 1 aromatic heterocycles. The Hall–Kier alpha value is -3.50. The number of nitrogens with one attached hydrogen (secondary N) is 1. The minimum atomic E-state index is -4.90. The summed E-state index contributed by atoms with van der Waals surface area (Å²) in [5.74, 6) is -3.28. The molecule has 0 aliphatic carbocycles. The Kier molecular flexibility index (Phi) is 6.23. The number of aromatic nitrogens is 2. The van der Waals surface area contributed by atoms with Crippen LogP contribution in [0.15, 0.2) is 41.2 Å². The van der Waals surface area contributed by atoms with Gasteiger partial charge in [0.2, 0.25) is 5.91 Å². The zero-order valence-corrected chi connectivity index (χ0v) is 16.1. The van der Waals surface area contributed by atoms with Crippen LogP contribution in [-0.2, 0) is 17.6 Å². The van der Waals surface area contributed by atoms with Crippen LogP contribution in [0.25, 0.3) is 10.9 Å². The van der Waals surface area contributed by atoms with Crippen molar-refractivity contribution in [1.82, 2.24) is 9.66 Å². The Labute approximate surface area is 172 Å². The van der Waals surface area contributed by atoms with Gasteiger partial charge in [0.15, 0.2) is 11.6 Å². The SMILES string of the molecule is CCCc1nc2cc(OC(F)(F)F)ccc2c(=O)n1NC(=O)Cc1ccc(F)c(F)c1. The first kappa shape index (κ1) is 22.2. The van der Waals surface area contributed by atoms with Crippen molar-refractivity contribution in [3.05, 3.63) is 69.8 Å². The predicted octanol–water partition coefficient (Wildman–Crippen LogP) is 3.84. The van der Waals surface area contributed by atoms with Gasteiger partial charge in [-0.2, -0.15) is 0 Å². The molecule has 1 N–H and O–H groups in total. The normalized spacial score (nSPS) is 11.5. The summed E-state index contributed by atoms with van der Waals surface area (Å²) in [7, 11) is 0. The van der Waals surface area contributed by atoms with Crippen molar-refractivity contribution < 1.29 is 31.5 Å². The van der Waals surface area contributed by atoms with Crippen molar-refractivity contribution in [2.45, 2.75) is 32.5 Å². The third-order valence-corrected chi connectivity index (χ3v) is 4.20. The van der Waals surface area contributed by atoms with Gasteiger partial charge in [-0.3, -0.25) is 15.0 Å². The molecule has 0 saturated heterocycles. The van der Waals surface area contributed by atoms with Gasteiger partial charge in [0.25, 0.3) is 5.56 Å². The number of amides is 1. The zero-order valence-electron chi connectivity index (χ0n) is 16.1. The summed E-state index contributed by atoms with van der Waals surface area (Å²) in [6.45, 7) is 1.78. The van der Waals surface area contributed by atoms with E-state index in [2.05, 4.69) is 15.1 Å². The van der Waals surface area contributed by atoms with Gasteiger partial charge in [-0.05, 0) is 36.2 Å². The number of rotatable bonds is 6. The lowest BCUT2D eigenvalue weighted by molar-refractivity contribution is -0.274. The number of hydrogen-bond donors (Lipinski definition) is 1. The Morgan fingerprint density at radius 2 is 1.87 bits per heavy atom. The van der Waals surface area contributed by atoms with E-state index in [0.29, 0.717) is 6.42 Å². The van der Waals surface area contributed by atoms with Crippen molar-refractivity contribution in [3.63, 3.8) is 0 Å². The quantitative estimate of drug-likeness (QED) is 0.590. The van der Waals surface area contributed by atoms with Crippen LogP contribution in [0, 0.1) is 11.6 Å². The fraction of sp³-hybridized carbons (Fsp3) is 0.250. The van der Waals surface area contributed by atoms with Gasteiger partial charge in [0, 0.05) is 12.5 Å². The number of benzene rings is 2. The van der Waals surface area contributed by atoms with E-state index in [0.717, 1.165) is 35.0 Å². The van der Waals surface area contributed by atoms with E-state index >= 15 is 0 Å². The van der Waals surface area contributed by atoms with E-state index in [4.69, 9.17) is 0 Å². The standard InChI is InChI=1S/C20H16F5N3O3/c1-2-3-17-26-16-10-12(31-20(23,24)25)5-6-13(16)19(30)28(17)27-18(29)9-11-4-7-14(21)15(22)8-11/h4-8,10H,2-3,9H2,1H3,(H,27,29). The Morgan fingerprint density at radius 3 is 2.52 bits per heavy atom. The van der Waals surface area contributed by atoms with Crippen LogP contribution in [0.2, 0.25) is 0 Å². The molecule has 2 aromatic carbocycles. The molecule has 6 nitrogen and oxygen atoms in total. The smallest absolute Gasteiger partial charge is 0.406 e. The van der Waals surface area contributed by atoms with Crippen LogP contribution < -0.4 is 15.7 Å². The van der Waals surface area contributed by atoms with Crippen molar-refractivity contribution in [3.8, 4) is 5.75 Å². The van der Waals surface area contributed by atoms with Gasteiger partial charge in [0.1, 0.15) is 11.6 Å². The maximum atomic E-state index is 13.3. The van der Waals surface area contributed by atoms with Crippen LogP contribution in [0.1, 0.15) is 24.7 Å². The van der Waals surface area contributed by atoms with Crippen LogP contribution in [0.4, 0.5) is 22.0 Å². The molecule has 164 valence electrons. The van der Waals surface area contributed by atoms with Gasteiger partial charge in [-0.1, -0.05) is 13.0 Å². The number of ether oxygens (including phenoxy) is 1. The maximum absolute atomic E-state index is 13.3. The van der Waals surface area contributed by atoms with Crippen LogP contribution >= 0.6 is 0 Å². The second-order valence-corrected chi connectivity index (χ2v) is 6.61. The molecule has 31 heavy (non-hydrogen) atoms. The largest absolute Gasteiger partial charge is 0.573 e. The van der Waals surface area contributed by atoms with E-state index in [-0.39, 0.29) is 35.1 Å². The molecule has 0 saturated carbocycles. The predicted molar refractivity (Wildman–Crippen MR) is 101 cm³/mol. The number of carbonyl (C=O) groups excluding carboxylic acids is 1. The minimum absolute atomic E-state index is 0.0266. The fourth-order valence-electron chi connectivity index (χ4n) is 2.91. The third-order valence-electron chi connectivity index (χ3n) is 4.20. The molecule has 11 heteroatoms. The molecule has 0 atom stereocenters. The highest BCUT2D eigenvalue weighted by atomic mass is 19.4. The van der Waals surface area contributed by atoms with Crippen molar-refractivity contribution in [2.75, 3.05) is 5.43 Å². The molecular weight excluding hydrogens is 425 g/mol. The summed E-state index contributed by atoms with van der Waals surface area (Å²) >= 11 is 0. The molecule has 0 aliphatic heterocycles. The summed E-state index contributed by atoms with van der Waals surface area (Å²) in [5, 5.41) is -0.0393. The highest BCUT2D eigenvalue weighted by Gasteiger charge is 2.31. The Balaban J connectivity index is 1.94. The fourth-order valence-corrected chi connectivity index (χ4v) is 2.91. The van der Waals surface area contributed by atoms with Gasteiger partial charge >= 0.3 is 6.36 Å². The molecule has 0 bridgehead atoms. The molecule has 3 aromatic rings. The van der Waals surface area contributed by atoms with Gasteiger partial charge in [0.05, 0.1) is 17.3 Å². The number of fused-ring (bicyclic) bond motifs is 1. The summed E-state index contributed by atoms with van der Waals surface area (Å²) in [5.41, 5.74) is 1.82. The number of halogens is 5. The molecule has 0 fully saturated rings. The van der Waals surface area contributed by atoms with E-state index in [9.17, 15) is 31.5 Å². The summed E-state index contributed by atoms with van der Waals surface area (Å²) in [4.78, 5) is 29.4. The number of nitrogens with zero attached hydrogens (tertiary/aromatic N) is 2. The third kappa shape index (κ3) is 5.36. The van der Waals surface area contributed by atoms with Crippen molar-refractivity contribution >= 4 is 16.8 Å². The molecule has 0 aliphatic rings. The van der Waals surface area contributed by atoms with E-state index in [1.54, 1.807) is 6.92 Å². The van der Waals surface area contributed by atoms with Crippen molar-refractivity contribution in [1.29, 1.82) is 0 Å². The highest BCUT2D eigenvalue weighted by molar-refractivity contribution is 5.86. The first-order chi connectivity index (χ1) is 14.6. The van der Waals surface area contributed by atoms with E-state index in [1.165, 1.54) is 6.07 Å². The molecule has 1 amide bonds. The number of alkyl halides is 3. The van der Waals surface area contributed by atoms with Gasteiger partial charge < -0.3 is 4.74 Å². The summed E-state index contributed by atoms with van der Waals surface area (Å²) in [6.07, 6.45) is -4.48. The lowest BCUT2D eigenvalue weighted by Gasteiger charge is -2.15. The summed E-state index contributed by atoms with van der Waals surface area (Å²) < 4.78 is 68.5. The molecule has 1 heterocycles. The molecule has 0 spiro atoms. The number of hydrogen-bond acceptors (Lipinski definition) is 4. The second kappa shape index (κ2) is 8.70. The first-order valence-electron chi connectivity index (χ1n) is 9.12. The van der Waals surface area contributed by atoms with Gasteiger partial charge in [-0.25, -0.2) is 18.4 Å². The van der Waals surface area contributed by atoms with Crippen molar-refractivity contribution in [2.24, 2.45) is 0 Å². The van der Waals surface area contributed by atoms with Crippen LogP contribution in [0.3, 0.4) is 0 Å². The Bertz CT molecular complexity index is 1190. The molecule has 0 unspecified atom stereocenters. The monoisotopic (exact) mass is 441 g/mol. The zero-order chi connectivity index (χ0) is 22.8. The lowest BCUT2D eigenvalue weighted by Crippen LogP contribution is -2.37. The lowest BCUT2D eigenvalue weighted by atomic mass is 10.1. The highest BCUT2D eigenvalue weighted by Crippen LogP contribution is 2.25. The first-order valence-corrected chi connectivity index (χ1v) is 9.12. The molecule has 3 rings (SSSR count). The van der Waals surface area contributed by atoms with E-state index in [1.807, 2.05) is 0 Å². The van der Waals surface area contributed by atoms with Crippen LogP contribution in [-0.4, -0.2) is 21.9 Å². The number of carbonyl (C=O) groups is 1. The molecular formula is C20H16F5N3O3. The average Bonchev–Trinajstić information content (AvgIpc) is 2.66. The van der Waals surface area contributed by atoms with Gasteiger partial charge in [-0.15, -0.1) is 13.2 Å². The van der Waals surface area contributed by atoms with E-state index < -0.39 is 35.2 Å².